The number of aromatic nitrogens is 3. The summed E-state index contributed by atoms with van der Waals surface area (Å²) in [4.78, 5) is 57.6. The van der Waals surface area contributed by atoms with E-state index in [2.05, 4.69) is 15.6 Å². The van der Waals surface area contributed by atoms with Crippen molar-refractivity contribution in [2.24, 2.45) is 5.92 Å². The molecule has 0 aliphatic rings. The molecule has 0 aliphatic carbocycles. The molecule has 0 spiro atoms. The summed E-state index contributed by atoms with van der Waals surface area (Å²) in [5, 5.41) is 16.0. The number of nitrogens with one attached hydrogen (secondary N) is 2. The fourth-order valence-corrected chi connectivity index (χ4v) is 6.05. The molecule has 14 heteroatoms. The van der Waals surface area contributed by atoms with Gasteiger partial charge in [0.2, 0.25) is 0 Å². The molecule has 13 nitrogen and oxygen atoms in total. The Balaban J connectivity index is 1.25. The van der Waals surface area contributed by atoms with E-state index < -0.39 is 40.8 Å². The van der Waals surface area contributed by atoms with E-state index in [-0.39, 0.29) is 35.8 Å². The zero-order chi connectivity index (χ0) is 39.3. The SMILES string of the molecule is COc1ccc2c(Oc3ccc(NC(=O)c4c(C)n(C[C@@H](C)[C@](C)(NC(=O)OCc5ccccc5)C(=O)O)n(-c5ccccc5)c4=O)cc3F)ccnc2c1. The van der Waals surface area contributed by atoms with E-state index in [1.807, 2.05) is 6.07 Å². The van der Waals surface area contributed by atoms with Crippen molar-refractivity contribution in [2.75, 3.05) is 12.4 Å². The number of hydrogen-bond acceptors (Lipinski definition) is 8. The molecule has 55 heavy (non-hydrogen) atoms. The van der Waals surface area contributed by atoms with Crippen LogP contribution in [0, 0.1) is 18.7 Å². The maximum absolute atomic E-state index is 15.4. The lowest BCUT2D eigenvalue weighted by atomic mass is 9.87. The maximum atomic E-state index is 15.4. The molecule has 0 fully saturated rings. The summed E-state index contributed by atoms with van der Waals surface area (Å²) < 4.78 is 34.6. The fraction of sp³-hybridized carbons (Fsp3) is 0.195. The maximum Gasteiger partial charge on any atom is 0.408 e. The summed E-state index contributed by atoms with van der Waals surface area (Å²) in [5.41, 5.74) is -0.823. The van der Waals surface area contributed by atoms with E-state index in [0.29, 0.717) is 28.1 Å². The number of halogens is 1. The molecule has 6 rings (SSSR count). The summed E-state index contributed by atoms with van der Waals surface area (Å²) in [5.74, 6) is -2.93. The van der Waals surface area contributed by atoms with Gasteiger partial charge in [-0.1, -0.05) is 55.5 Å². The first-order valence-electron chi connectivity index (χ1n) is 17.2. The van der Waals surface area contributed by atoms with Crippen LogP contribution in [0.3, 0.4) is 0 Å². The third-order valence-corrected chi connectivity index (χ3v) is 9.40. The van der Waals surface area contributed by atoms with Crippen molar-refractivity contribution in [3.8, 4) is 22.9 Å². The number of nitrogens with zero attached hydrogens (tertiary/aromatic N) is 3. The molecular weight excluding hydrogens is 709 g/mol. The predicted octanol–water partition coefficient (Wildman–Crippen LogP) is 7.09. The molecule has 0 saturated carbocycles. The quantitative estimate of drug-likeness (QED) is 0.112. The van der Waals surface area contributed by atoms with Crippen LogP contribution in [0.4, 0.5) is 14.9 Å². The highest BCUT2D eigenvalue weighted by Crippen LogP contribution is 2.33. The van der Waals surface area contributed by atoms with Gasteiger partial charge in [-0.05, 0) is 61.9 Å². The van der Waals surface area contributed by atoms with E-state index >= 15 is 4.39 Å². The molecule has 2 aromatic heterocycles. The van der Waals surface area contributed by atoms with Crippen LogP contribution in [0.15, 0.2) is 114 Å². The Morgan fingerprint density at radius 3 is 2.33 bits per heavy atom. The minimum Gasteiger partial charge on any atom is -0.497 e. The molecule has 0 aliphatic heterocycles. The Bertz CT molecular complexity index is 2430. The first kappa shape index (κ1) is 37.8. The van der Waals surface area contributed by atoms with Crippen LogP contribution in [0.5, 0.6) is 17.2 Å². The Morgan fingerprint density at radius 2 is 1.65 bits per heavy atom. The molecule has 282 valence electrons. The number of hydrogen-bond donors (Lipinski definition) is 3. The van der Waals surface area contributed by atoms with Gasteiger partial charge in [0.15, 0.2) is 11.6 Å². The third-order valence-electron chi connectivity index (χ3n) is 9.40. The van der Waals surface area contributed by atoms with E-state index in [1.54, 1.807) is 99.8 Å². The largest absolute Gasteiger partial charge is 0.497 e. The minimum atomic E-state index is -1.86. The lowest BCUT2D eigenvalue weighted by molar-refractivity contribution is -0.146. The van der Waals surface area contributed by atoms with Gasteiger partial charge >= 0.3 is 12.1 Å². The summed E-state index contributed by atoms with van der Waals surface area (Å²) in [7, 11) is 1.54. The Morgan fingerprint density at radius 1 is 0.945 bits per heavy atom. The van der Waals surface area contributed by atoms with Gasteiger partial charge in [0.05, 0.1) is 24.0 Å². The molecule has 4 aromatic carbocycles. The van der Waals surface area contributed by atoms with Crippen molar-refractivity contribution in [3.63, 3.8) is 0 Å². The number of amides is 2. The highest BCUT2D eigenvalue weighted by molar-refractivity contribution is 6.05. The molecule has 0 radical (unpaired) electrons. The second-order valence-electron chi connectivity index (χ2n) is 13.0. The molecular formula is C41H38FN5O8. The van der Waals surface area contributed by atoms with Crippen LogP contribution in [0.1, 0.15) is 35.5 Å². The van der Waals surface area contributed by atoms with Crippen LogP contribution in [0.25, 0.3) is 16.6 Å². The fourth-order valence-electron chi connectivity index (χ4n) is 6.05. The van der Waals surface area contributed by atoms with E-state index in [0.717, 1.165) is 11.6 Å². The number of carbonyl (C=O) groups is 3. The molecule has 3 N–H and O–H groups in total. The van der Waals surface area contributed by atoms with Crippen molar-refractivity contribution >= 4 is 34.6 Å². The molecule has 2 heterocycles. The lowest BCUT2D eigenvalue weighted by Crippen LogP contribution is -2.57. The van der Waals surface area contributed by atoms with Gasteiger partial charge in [0.1, 0.15) is 29.2 Å². The van der Waals surface area contributed by atoms with Gasteiger partial charge in [-0.3, -0.25) is 19.3 Å². The van der Waals surface area contributed by atoms with Gasteiger partial charge in [-0.15, -0.1) is 0 Å². The van der Waals surface area contributed by atoms with Crippen molar-refractivity contribution in [2.45, 2.75) is 39.5 Å². The molecule has 2 atom stereocenters. The first-order chi connectivity index (χ1) is 26.4. The Kier molecular flexibility index (Phi) is 11.0. The molecule has 0 unspecified atom stereocenters. The Labute approximate surface area is 314 Å². The first-order valence-corrected chi connectivity index (χ1v) is 17.2. The standard InChI is InChI=1S/C41H38FN5O8/c1-25(41(3,39(50)51)45-40(52)54-24-27-11-7-5-8-12-27)23-46-26(2)36(38(49)47(46)29-13-9-6-10-14-29)37(48)44-28-15-18-35(32(42)21-28)55-34-19-20-43-33-22-30(53-4)16-17-31(33)34/h5-22,25H,23-24H2,1-4H3,(H,44,48)(H,45,52)(H,50,51)/t25-,41+/m1/s1. The van der Waals surface area contributed by atoms with E-state index in [9.17, 15) is 24.3 Å². The highest BCUT2D eigenvalue weighted by atomic mass is 19.1. The van der Waals surface area contributed by atoms with Crippen molar-refractivity contribution in [1.82, 2.24) is 19.7 Å². The van der Waals surface area contributed by atoms with Crippen molar-refractivity contribution in [3.05, 3.63) is 142 Å². The normalized spacial score (nSPS) is 12.7. The number of benzene rings is 4. The topological polar surface area (TPSA) is 163 Å². The molecule has 2 amide bonds. The highest BCUT2D eigenvalue weighted by Gasteiger charge is 2.42. The number of carboxylic acids is 1. The van der Waals surface area contributed by atoms with Gasteiger partial charge in [-0.2, -0.15) is 0 Å². The molecule has 6 aromatic rings. The van der Waals surface area contributed by atoms with Gasteiger partial charge < -0.3 is 30.0 Å². The van der Waals surface area contributed by atoms with Crippen LogP contribution in [-0.2, 0) is 22.7 Å². The van der Waals surface area contributed by atoms with Gasteiger partial charge in [-0.25, -0.2) is 18.7 Å². The number of alkyl carbamates (subject to hydrolysis) is 1. The average molecular weight is 748 g/mol. The summed E-state index contributed by atoms with van der Waals surface area (Å²) >= 11 is 0. The van der Waals surface area contributed by atoms with Crippen LogP contribution in [0.2, 0.25) is 0 Å². The molecule has 0 bridgehead atoms. The predicted molar refractivity (Wildman–Crippen MR) is 202 cm³/mol. The number of aliphatic carboxylic acids is 1. The van der Waals surface area contributed by atoms with Crippen LogP contribution in [-0.4, -0.2) is 50.1 Å². The van der Waals surface area contributed by atoms with Crippen LogP contribution >= 0.6 is 0 Å². The number of anilines is 1. The van der Waals surface area contributed by atoms with Crippen molar-refractivity contribution in [1.29, 1.82) is 0 Å². The number of fused-ring (bicyclic) bond motifs is 1. The summed E-state index contributed by atoms with van der Waals surface area (Å²) in [6.45, 7) is 4.30. The lowest BCUT2D eigenvalue weighted by Gasteiger charge is -2.33. The number of para-hydroxylation sites is 1. The Hall–Kier alpha value is -6.96. The number of ether oxygens (including phenoxy) is 3. The van der Waals surface area contributed by atoms with E-state index in [4.69, 9.17) is 14.2 Å². The number of methoxy groups -OCH3 is 1. The van der Waals surface area contributed by atoms with E-state index in [1.165, 1.54) is 34.6 Å². The number of carboxylic acid groups (broad SMARTS) is 1. The minimum absolute atomic E-state index is 0.0574. The van der Waals surface area contributed by atoms with Crippen molar-refractivity contribution < 1.29 is 38.1 Å². The smallest absolute Gasteiger partial charge is 0.408 e. The number of carbonyl (C=O) groups excluding carboxylic acids is 2. The summed E-state index contributed by atoms with van der Waals surface area (Å²) in [6, 6.07) is 28.1. The third kappa shape index (κ3) is 8.03. The second-order valence-corrected chi connectivity index (χ2v) is 13.0. The summed E-state index contributed by atoms with van der Waals surface area (Å²) in [6.07, 6.45) is 0.588. The van der Waals surface area contributed by atoms with Crippen LogP contribution < -0.4 is 25.7 Å². The zero-order valence-electron chi connectivity index (χ0n) is 30.4. The zero-order valence-corrected chi connectivity index (χ0v) is 30.4. The number of rotatable bonds is 13. The molecule has 0 saturated heterocycles. The average Bonchev–Trinajstić information content (AvgIpc) is 3.43. The van der Waals surface area contributed by atoms with Gasteiger partial charge in [0.25, 0.3) is 11.5 Å². The number of pyridine rings is 1. The second kappa shape index (κ2) is 16.0. The monoisotopic (exact) mass is 747 g/mol. The van der Waals surface area contributed by atoms with Gasteiger partial charge in [0, 0.05) is 41.9 Å².